The molecule has 0 saturated carbocycles. The van der Waals surface area contributed by atoms with Gasteiger partial charge in [0.25, 0.3) is 0 Å². The van der Waals surface area contributed by atoms with Crippen molar-refractivity contribution in [3.05, 3.63) is 44.4 Å². The smallest absolute Gasteiger partial charge is 0.151 e. The summed E-state index contributed by atoms with van der Waals surface area (Å²) in [5, 5.41) is 6.03. The molecule has 0 radical (unpaired) electrons. The second-order valence-electron chi connectivity index (χ2n) is 3.77. The summed E-state index contributed by atoms with van der Waals surface area (Å²) in [5.41, 5.74) is 0.0389. The van der Waals surface area contributed by atoms with E-state index in [9.17, 15) is 8.78 Å². The fraction of sp³-hybridized carbons (Fsp3) is 0.0833. The van der Waals surface area contributed by atoms with Crippen molar-refractivity contribution in [2.24, 2.45) is 0 Å². The van der Waals surface area contributed by atoms with Crippen LogP contribution in [-0.4, -0.2) is 12.0 Å². The summed E-state index contributed by atoms with van der Waals surface area (Å²) in [5.74, 6) is -0.860. The van der Waals surface area contributed by atoms with Crippen LogP contribution in [-0.2, 0) is 0 Å². The average molecular weight is 383 g/mol. The largest absolute Gasteiger partial charge is 0.372 e. The Morgan fingerprint density at radius 2 is 1.70 bits per heavy atom. The molecule has 0 aliphatic carbocycles. The van der Waals surface area contributed by atoms with Gasteiger partial charge in [0.1, 0.15) is 17.5 Å². The molecule has 0 unspecified atom stereocenters. The van der Waals surface area contributed by atoms with Gasteiger partial charge in [0.15, 0.2) is 5.82 Å². The van der Waals surface area contributed by atoms with E-state index >= 15 is 0 Å². The van der Waals surface area contributed by atoms with Gasteiger partial charge >= 0.3 is 0 Å². The van der Waals surface area contributed by atoms with E-state index in [1.165, 1.54) is 12.1 Å². The molecule has 20 heavy (non-hydrogen) atoms. The lowest BCUT2D eigenvalue weighted by molar-refractivity contribution is 0.581. The highest BCUT2D eigenvalue weighted by Crippen LogP contribution is 2.32. The molecule has 1 aromatic heterocycles. The highest BCUT2D eigenvalue weighted by Gasteiger charge is 2.13. The summed E-state index contributed by atoms with van der Waals surface area (Å²) in [6, 6.07) is 3.49. The molecular weight excluding hydrogens is 375 g/mol. The molecule has 2 N–H and O–H groups in total. The zero-order valence-electron chi connectivity index (χ0n) is 10.1. The van der Waals surface area contributed by atoms with Crippen LogP contribution in [0.1, 0.15) is 0 Å². The lowest BCUT2D eigenvalue weighted by Crippen LogP contribution is -2.01. The maximum atomic E-state index is 13.7. The molecule has 8 heteroatoms. The van der Waals surface area contributed by atoms with Crippen molar-refractivity contribution >= 4 is 56.5 Å². The summed E-state index contributed by atoms with van der Waals surface area (Å²) in [7, 11) is 1.64. The zero-order valence-corrected chi connectivity index (χ0v) is 13.2. The monoisotopic (exact) mass is 381 g/mol. The van der Waals surface area contributed by atoms with E-state index in [0.717, 1.165) is 6.07 Å². The number of pyridine rings is 1. The van der Waals surface area contributed by atoms with Crippen molar-refractivity contribution in [2.45, 2.75) is 0 Å². The third kappa shape index (κ3) is 3.13. The van der Waals surface area contributed by atoms with Crippen molar-refractivity contribution in [1.82, 2.24) is 4.98 Å². The Morgan fingerprint density at radius 3 is 2.35 bits per heavy atom. The van der Waals surface area contributed by atoms with E-state index < -0.39 is 11.6 Å². The Kier molecular flexibility index (Phi) is 4.67. The van der Waals surface area contributed by atoms with Crippen LogP contribution >= 0.6 is 39.1 Å². The predicted molar refractivity (Wildman–Crippen MR) is 81.1 cm³/mol. The van der Waals surface area contributed by atoms with Crippen LogP contribution in [0.3, 0.4) is 0 Å². The molecule has 0 bridgehead atoms. The first-order valence-electron chi connectivity index (χ1n) is 5.37. The minimum absolute atomic E-state index is 0.0389. The molecule has 3 nitrogen and oxygen atoms in total. The van der Waals surface area contributed by atoms with E-state index in [2.05, 4.69) is 31.5 Å². The topological polar surface area (TPSA) is 37.0 Å². The van der Waals surface area contributed by atoms with Crippen LogP contribution < -0.4 is 10.6 Å². The number of rotatable bonds is 3. The first kappa shape index (κ1) is 15.3. The Bertz CT molecular complexity index is 668. The summed E-state index contributed by atoms with van der Waals surface area (Å²) in [6.45, 7) is 0. The molecule has 0 atom stereocenters. The lowest BCUT2D eigenvalue weighted by Gasteiger charge is -2.12. The second-order valence-corrected chi connectivity index (χ2v) is 5.44. The SMILES string of the molecule is CNc1nc(Nc2cc(Br)c(F)cc2F)c(Cl)cc1Cl. The summed E-state index contributed by atoms with van der Waals surface area (Å²) in [4.78, 5) is 4.12. The van der Waals surface area contributed by atoms with Gasteiger partial charge in [-0.15, -0.1) is 0 Å². The predicted octanol–water partition coefficient (Wildman–Crippen LogP) is 5.21. The van der Waals surface area contributed by atoms with Gasteiger partial charge in [-0.2, -0.15) is 0 Å². The Hall–Kier alpha value is -1.11. The van der Waals surface area contributed by atoms with E-state index in [1.54, 1.807) is 7.05 Å². The minimum Gasteiger partial charge on any atom is -0.372 e. The molecule has 0 amide bonds. The van der Waals surface area contributed by atoms with Crippen LogP contribution in [0.4, 0.5) is 26.1 Å². The number of anilines is 3. The van der Waals surface area contributed by atoms with Crippen LogP contribution in [0.2, 0.25) is 10.0 Å². The normalized spacial score (nSPS) is 10.5. The van der Waals surface area contributed by atoms with Gasteiger partial charge in [-0.05, 0) is 28.1 Å². The highest BCUT2D eigenvalue weighted by molar-refractivity contribution is 9.10. The molecule has 1 heterocycles. The third-order valence-corrected chi connectivity index (χ3v) is 3.61. The molecule has 2 aromatic rings. The molecule has 0 aliphatic heterocycles. The quantitative estimate of drug-likeness (QED) is 0.715. The number of halogens is 5. The fourth-order valence-electron chi connectivity index (χ4n) is 1.48. The van der Waals surface area contributed by atoms with Gasteiger partial charge in [0.2, 0.25) is 0 Å². The molecule has 0 fully saturated rings. The average Bonchev–Trinajstić information content (AvgIpc) is 2.38. The summed E-state index contributed by atoms with van der Waals surface area (Å²) in [6.07, 6.45) is 0. The van der Waals surface area contributed by atoms with Gasteiger partial charge < -0.3 is 10.6 Å². The van der Waals surface area contributed by atoms with Crippen molar-refractivity contribution in [3.63, 3.8) is 0 Å². The van der Waals surface area contributed by atoms with E-state index in [1.807, 2.05) is 0 Å². The van der Waals surface area contributed by atoms with Gasteiger partial charge in [-0.3, -0.25) is 0 Å². The third-order valence-electron chi connectivity index (χ3n) is 2.43. The molecule has 2 rings (SSSR count). The van der Waals surface area contributed by atoms with Crippen molar-refractivity contribution in [1.29, 1.82) is 0 Å². The van der Waals surface area contributed by atoms with Gasteiger partial charge in [-0.1, -0.05) is 23.2 Å². The number of benzene rings is 1. The highest BCUT2D eigenvalue weighted by atomic mass is 79.9. The molecule has 1 aromatic carbocycles. The summed E-state index contributed by atoms with van der Waals surface area (Å²) < 4.78 is 27.0. The number of nitrogens with zero attached hydrogens (tertiary/aromatic N) is 1. The molecule has 0 spiro atoms. The zero-order chi connectivity index (χ0) is 14.9. The summed E-state index contributed by atoms with van der Waals surface area (Å²) >= 11 is 14.9. The molecular formula is C12H8BrCl2F2N3. The van der Waals surface area contributed by atoms with E-state index in [-0.39, 0.29) is 21.0 Å². The van der Waals surface area contributed by atoms with Crippen molar-refractivity contribution in [2.75, 3.05) is 17.7 Å². The van der Waals surface area contributed by atoms with Crippen LogP contribution in [0.5, 0.6) is 0 Å². The van der Waals surface area contributed by atoms with Gasteiger partial charge in [0, 0.05) is 13.1 Å². The number of hydrogen-bond acceptors (Lipinski definition) is 3. The first-order chi connectivity index (χ1) is 9.42. The Morgan fingerprint density at radius 1 is 1.05 bits per heavy atom. The van der Waals surface area contributed by atoms with Crippen LogP contribution in [0.15, 0.2) is 22.7 Å². The standard InChI is InChI=1S/C12H8BrCl2F2N3/c1-18-11-6(14)3-7(15)12(20-11)19-10-2-5(13)8(16)4-9(10)17/h2-4H,1H3,(H2,18,19,20). The first-order valence-corrected chi connectivity index (χ1v) is 6.92. The lowest BCUT2D eigenvalue weighted by atomic mass is 10.3. The minimum atomic E-state index is -0.760. The Balaban J connectivity index is 2.42. The van der Waals surface area contributed by atoms with Crippen molar-refractivity contribution < 1.29 is 8.78 Å². The Labute approximate surface area is 132 Å². The van der Waals surface area contributed by atoms with Crippen LogP contribution in [0, 0.1) is 11.6 Å². The number of nitrogens with one attached hydrogen (secondary N) is 2. The maximum Gasteiger partial charge on any atom is 0.151 e. The number of hydrogen-bond donors (Lipinski definition) is 2. The molecule has 106 valence electrons. The van der Waals surface area contributed by atoms with Crippen molar-refractivity contribution in [3.8, 4) is 0 Å². The van der Waals surface area contributed by atoms with E-state index in [0.29, 0.717) is 10.8 Å². The van der Waals surface area contributed by atoms with Gasteiger partial charge in [-0.25, -0.2) is 13.8 Å². The van der Waals surface area contributed by atoms with Crippen LogP contribution in [0.25, 0.3) is 0 Å². The van der Waals surface area contributed by atoms with Gasteiger partial charge in [0.05, 0.1) is 20.2 Å². The fourth-order valence-corrected chi connectivity index (χ4v) is 2.32. The van der Waals surface area contributed by atoms with E-state index in [4.69, 9.17) is 23.2 Å². The molecule has 0 saturated heterocycles. The second kappa shape index (κ2) is 6.11. The number of aromatic nitrogens is 1. The maximum absolute atomic E-state index is 13.7. The molecule has 0 aliphatic rings.